The lowest BCUT2D eigenvalue weighted by Gasteiger charge is -1.89. The third-order valence-corrected chi connectivity index (χ3v) is 2.57. The van der Waals surface area contributed by atoms with E-state index in [0.717, 1.165) is 16.6 Å². The predicted molar refractivity (Wildman–Crippen MR) is 65.5 cm³/mol. The number of fused-ring (bicyclic) bond motifs is 1. The van der Waals surface area contributed by atoms with Crippen molar-refractivity contribution in [1.82, 2.24) is 4.98 Å². The molecule has 4 heteroatoms. The maximum atomic E-state index is 11.4. The molecule has 2 aromatic rings. The number of nitrogens with one attached hydrogen (secondary N) is 1. The van der Waals surface area contributed by atoms with Gasteiger partial charge in [-0.3, -0.25) is 0 Å². The highest BCUT2D eigenvalue weighted by Crippen LogP contribution is 2.19. The molecular weight excluding hydrogens is 216 g/mol. The van der Waals surface area contributed by atoms with Crippen LogP contribution in [0.25, 0.3) is 17.0 Å². The summed E-state index contributed by atoms with van der Waals surface area (Å²) >= 11 is 0. The maximum absolute atomic E-state index is 11.4. The Bertz CT molecular complexity index is 632. The number of aromatic amines is 1. The van der Waals surface area contributed by atoms with Gasteiger partial charge in [-0.1, -0.05) is 18.2 Å². The second-order valence-corrected chi connectivity index (χ2v) is 3.86. The van der Waals surface area contributed by atoms with Crippen LogP contribution in [-0.2, 0) is 9.53 Å². The van der Waals surface area contributed by atoms with Crippen LogP contribution in [0.4, 0.5) is 0 Å². The zero-order valence-corrected chi connectivity index (χ0v) is 9.23. The average Bonchev–Trinajstić information content (AvgIpc) is 2.82. The predicted octanol–water partition coefficient (Wildman–Crippen LogP) is 2.48. The van der Waals surface area contributed by atoms with Gasteiger partial charge >= 0.3 is 5.97 Å². The van der Waals surface area contributed by atoms with E-state index in [0.29, 0.717) is 11.6 Å². The minimum atomic E-state index is -0.402. The molecule has 0 atom stereocenters. The number of H-pyrrole nitrogens is 1. The number of para-hydroxylation sites is 1. The summed E-state index contributed by atoms with van der Waals surface area (Å²) in [6.45, 7) is 1.66. The van der Waals surface area contributed by atoms with E-state index in [-0.39, 0.29) is 0 Å². The minimum absolute atomic E-state index is 0.328. The molecule has 0 amide bonds. The van der Waals surface area contributed by atoms with E-state index >= 15 is 0 Å². The van der Waals surface area contributed by atoms with Gasteiger partial charge in [-0.25, -0.2) is 9.79 Å². The molecule has 1 N–H and O–H groups in total. The molecule has 17 heavy (non-hydrogen) atoms. The minimum Gasteiger partial charge on any atom is -0.407 e. The molecule has 1 aliphatic rings. The number of nitrogens with zero attached hydrogens (tertiary/aromatic N) is 1. The summed E-state index contributed by atoms with van der Waals surface area (Å²) in [6, 6.07) is 9.90. The lowest BCUT2D eigenvalue weighted by atomic mass is 10.2. The van der Waals surface area contributed by atoms with Gasteiger partial charge in [-0.2, -0.15) is 0 Å². The van der Waals surface area contributed by atoms with Crippen molar-refractivity contribution < 1.29 is 9.53 Å². The van der Waals surface area contributed by atoms with Crippen LogP contribution < -0.4 is 0 Å². The number of aromatic nitrogens is 1. The lowest BCUT2D eigenvalue weighted by Crippen LogP contribution is -1.99. The third kappa shape index (κ3) is 1.73. The standard InChI is InChI=1S/C13H10N2O2/c1-8-14-12(13(16)17-8)7-10-6-9-4-2-3-5-11(9)15-10/h2-7,15H,1H3/b12-7-. The fourth-order valence-corrected chi connectivity index (χ4v) is 1.84. The Hall–Kier alpha value is -2.36. The van der Waals surface area contributed by atoms with Crippen LogP contribution in [0.3, 0.4) is 0 Å². The highest BCUT2D eigenvalue weighted by Gasteiger charge is 2.19. The monoisotopic (exact) mass is 226 g/mol. The van der Waals surface area contributed by atoms with Gasteiger partial charge in [0.2, 0.25) is 0 Å². The quantitative estimate of drug-likeness (QED) is 0.600. The van der Waals surface area contributed by atoms with E-state index in [9.17, 15) is 4.79 Å². The number of hydrogen-bond donors (Lipinski definition) is 1. The molecule has 2 heterocycles. The Kier molecular flexibility index (Phi) is 2.08. The van der Waals surface area contributed by atoms with Crippen LogP contribution in [0, 0.1) is 0 Å². The Labute approximate surface area is 97.6 Å². The molecule has 0 radical (unpaired) electrons. The van der Waals surface area contributed by atoms with E-state index in [1.807, 2.05) is 30.3 Å². The first-order chi connectivity index (χ1) is 8.22. The molecule has 84 valence electrons. The second-order valence-electron chi connectivity index (χ2n) is 3.86. The summed E-state index contributed by atoms with van der Waals surface area (Å²) in [4.78, 5) is 18.6. The van der Waals surface area contributed by atoms with Crippen molar-refractivity contribution >= 4 is 28.8 Å². The lowest BCUT2D eigenvalue weighted by molar-refractivity contribution is -0.130. The van der Waals surface area contributed by atoms with E-state index in [2.05, 4.69) is 9.98 Å². The largest absolute Gasteiger partial charge is 0.407 e. The molecule has 4 nitrogen and oxygen atoms in total. The first kappa shape index (κ1) is 9.84. The molecule has 1 aromatic heterocycles. The number of carbonyl (C=O) groups is 1. The smallest absolute Gasteiger partial charge is 0.363 e. The summed E-state index contributed by atoms with van der Waals surface area (Å²) in [5, 5.41) is 1.10. The van der Waals surface area contributed by atoms with Crippen molar-refractivity contribution in [2.24, 2.45) is 4.99 Å². The highest BCUT2D eigenvalue weighted by molar-refractivity contribution is 6.06. The van der Waals surface area contributed by atoms with E-state index < -0.39 is 5.97 Å². The van der Waals surface area contributed by atoms with Gasteiger partial charge < -0.3 is 9.72 Å². The van der Waals surface area contributed by atoms with E-state index in [1.54, 1.807) is 13.0 Å². The highest BCUT2D eigenvalue weighted by atomic mass is 16.6. The molecule has 0 fully saturated rings. The summed E-state index contributed by atoms with van der Waals surface area (Å²) in [5.41, 5.74) is 2.21. The van der Waals surface area contributed by atoms with Gasteiger partial charge in [0.05, 0.1) is 0 Å². The first-order valence-corrected chi connectivity index (χ1v) is 5.29. The first-order valence-electron chi connectivity index (χ1n) is 5.29. The number of ether oxygens (including phenoxy) is 1. The topological polar surface area (TPSA) is 54.5 Å². The van der Waals surface area contributed by atoms with Gasteiger partial charge in [-0.05, 0) is 23.6 Å². The Morgan fingerprint density at radius 3 is 2.88 bits per heavy atom. The fraction of sp³-hybridized carbons (Fsp3) is 0.0769. The maximum Gasteiger partial charge on any atom is 0.363 e. The van der Waals surface area contributed by atoms with Gasteiger partial charge in [-0.15, -0.1) is 0 Å². The molecular formula is C13H10N2O2. The average molecular weight is 226 g/mol. The molecule has 1 aromatic carbocycles. The van der Waals surface area contributed by atoms with Crippen LogP contribution in [0.5, 0.6) is 0 Å². The zero-order chi connectivity index (χ0) is 11.8. The number of benzene rings is 1. The summed E-state index contributed by atoms with van der Waals surface area (Å²) in [6.07, 6.45) is 1.69. The molecule has 0 unspecified atom stereocenters. The van der Waals surface area contributed by atoms with Gasteiger partial charge in [0.25, 0.3) is 0 Å². The van der Waals surface area contributed by atoms with Crippen LogP contribution in [0.1, 0.15) is 12.6 Å². The number of rotatable bonds is 1. The van der Waals surface area contributed by atoms with Crippen LogP contribution in [0.2, 0.25) is 0 Å². The Morgan fingerprint density at radius 2 is 2.18 bits per heavy atom. The zero-order valence-electron chi connectivity index (χ0n) is 9.23. The summed E-state index contributed by atoms with van der Waals surface area (Å²) in [7, 11) is 0. The van der Waals surface area contributed by atoms with Gasteiger partial charge in [0, 0.05) is 18.1 Å². The van der Waals surface area contributed by atoms with Gasteiger partial charge in [0.15, 0.2) is 11.6 Å². The van der Waals surface area contributed by atoms with Crippen LogP contribution in [0.15, 0.2) is 41.0 Å². The number of hydrogen-bond acceptors (Lipinski definition) is 3. The van der Waals surface area contributed by atoms with Crippen LogP contribution >= 0.6 is 0 Å². The SMILES string of the molecule is CC1=N/C(=C\c2cc3ccccc3[nH]2)C(=O)O1. The van der Waals surface area contributed by atoms with Crippen molar-refractivity contribution in [3.8, 4) is 0 Å². The molecule has 0 bridgehead atoms. The van der Waals surface area contributed by atoms with E-state index in [1.165, 1.54) is 0 Å². The molecule has 0 aliphatic carbocycles. The summed E-state index contributed by atoms with van der Waals surface area (Å²) < 4.78 is 4.85. The van der Waals surface area contributed by atoms with Crippen LogP contribution in [-0.4, -0.2) is 16.9 Å². The van der Waals surface area contributed by atoms with Crippen molar-refractivity contribution in [2.75, 3.05) is 0 Å². The molecule has 0 saturated carbocycles. The third-order valence-electron chi connectivity index (χ3n) is 2.57. The molecule has 3 rings (SSSR count). The number of carbonyl (C=O) groups excluding carboxylic acids is 1. The Balaban J connectivity index is 2.05. The normalized spacial score (nSPS) is 17.6. The van der Waals surface area contributed by atoms with Crippen molar-refractivity contribution in [3.05, 3.63) is 41.7 Å². The van der Waals surface area contributed by atoms with E-state index in [4.69, 9.17) is 4.74 Å². The van der Waals surface area contributed by atoms with Crippen molar-refractivity contribution in [2.45, 2.75) is 6.92 Å². The fourth-order valence-electron chi connectivity index (χ4n) is 1.84. The molecule has 0 saturated heterocycles. The summed E-state index contributed by atoms with van der Waals surface area (Å²) in [5.74, 6) is -0.0153. The van der Waals surface area contributed by atoms with Crippen molar-refractivity contribution in [1.29, 1.82) is 0 Å². The second kappa shape index (κ2) is 3.59. The van der Waals surface area contributed by atoms with Gasteiger partial charge in [0.1, 0.15) is 0 Å². The number of cyclic esters (lactones) is 1. The van der Waals surface area contributed by atoms with Crippen molar-refractivity contribution in [3.63, 3.8) is 0 Å². The molecule has 1 aliphatic heterocycles. The number of esters is 1. The Morgan fingerprint density at radius 1 is 1.35 bits per heavy atom. The molecule has 0 spiro atoms. The number of aliphatic imine (C=N–C) groups is 1.